The normalized spacial score (nSPS) is 13.6. The predicted octanol–water partition coefficient (Wildman–Crippen LogP) is 2.23. The number of aliphatic hydroxyl groups is 1. The Morgan fingerprint density at radius 3 is 2.50 bits per heavy atom. The van der Waals surface area contributed by atoms with Crippen molar-refractivity contribution >= 4 is 43.9 Å². The van der Waals surface area contributed by atoms with Gasteiger partial charge in [-0.05, 0) is 37.3 Å². The summed E-state index contributed by atoms with van der Waals surface area (Å²) in [6, 6.07) is 7.89. The van der Waals surface area contributed by atoms with Gasteiger partial charge in [-0.25, -0.2) is 4.39 Å². The molecule has 2 unspecified atom stereocenters. The molecule has 0 fully saturated rings. The van der Waals surface area contributed by atoms with Gasteiger partial charge in [0.1, 0.15) is 23.3 Å². The highest BCUT2D eigenvalue weighted by atomic mass is 32.2. The van der Waals surface area contributed by atoms with E-state index in [1.165, 1.54) is 43.4 Å². The number of carbonyl (C=O) groups excluding carboxylic acids is 1. The fraction of sp³-hybridized carbons (Fsp3) is 0.286. The van der Waals surface area contributed by atoms with Gasteiger partial charge in [0.2, 0.25) is 0 Å². The van der Waals surface area contributed by atoms with E-state index in [4.69, 9.17) is 4.42 Å². The molecule has 0 spiro atoms. The molecule has 3 aromatic rings. The zero-order valence-corrected chi connectivity index (χ0v) is 20.0. The molecule has 1 amide bonds. The second-order valence-electron chi connectivity index (χ2n) is 7.22. The van der Waals surface area contributed by atoms with Gasteiger partial charge in [-0.15, -0.1) is 0 Å². The number of anilines is 1. The van der Waals surface area contributed by atoms with Crippen molar-refractivity contribution in [3.8, 4) is 11.3 Å². The van der Waals surface area contributed by atoms with Crippen molar-refractivity contribution in [1.82, 2.24) is 5.32 Å². The minimum atomic E-state index is -3.89. The van der Waals surface area contributed by atoms with E-state index in [0.717, 1.165) is 10.6 Å². The van der Waals surface area contributed by atoms with Crippen LogP contribution in [0, 0.1) is 5.82 Å². The van der Waals surface area contributed by atoms with Gasteiger partial charge in [-0.3, -0.25) is 13.2 Å². The maximum atomic E-state index is 13.4. The Morgan fingerprint density at radius 2 is 1.97 bits per heavy atom. The molecule has 10 nitrogen and oxygen atoms in total. The minimum Gasteiger partial charge on any atom is -0.755 e. The number of nitrogens with one attached hydrogen (secondary N) is 1. The molecule has 0 bridgehead atoms. The molecule has 0 aliphatic carbocycles. The number of carbonyl (C=O) groups is 1. The molecule has 0 radical (unpaired) electrons. The SMILES string of the molecule is CCN(c1cc2oc(-c3ccc(F)cc3)c(C(=O)NC)c2cc1C(O)COS(C)(=O)=O)S(=O)[O-]. The van der Waals surface area contributed by atoms with E-state index in [9.17, 15) is 31.5 Å². The summed E-state index contributed by atoms with van der Waals surface area (Å²) < 4.78 is 71.4. The molecule has 2 atom stereocenters. The fourth-order valence-corrected chi connectivity index (χ4v) is 4.33. The monoisotopic (exact) mass is 513 g/mol. The minimum absolute atomic E-state index is 0.00110. The van der Waals surface area contributed by atoms with Crippen LogP contribution < -0.4 is 9.62 Å². The van der Waals surface area contributed by atoms with Gasteiger partial charge in [0.25, 0.3) is 16.0 Å². The Kier molecular flexibility index (Phi) is 7.73. The van der Waals surface area contributed by atoms with Crippen LogP contribution in [0.25, 0.3) is 22.3 Å². The van der Waals surface area contributed by atoms with Crippen molar-refractivity contribution in [1.29, 1.82) is 0 Å². The lowest BCUT2D eigenvalue weighted by molar-refractivity contribution is 0.0964. The largest absolute Gasteiger partial charge is 0.755 e. The topological polar surface area (TPSA) is 149 Å². The summed E-state index contributed by atoms with van der Waals surface area (Å²) in [5.74, 6) is -0.930. The van der Waals surface area contributed by atoms with Crippen molar-refractivity contribution in [2.45, 2.75) is 13.0 Å². The third-order valence-corrected chi connectivity index (χ3v) is 6.31. The van der Waals surface area contributed by atoms with Gasteiger partial charge in [0, 0.05) is 47.4 Å². The van der Waals surface area contributed by atoms with Gasteiger partial charge >= 0.3 is 0 Å². The first-order chi connectivity index (χ1) is 16.0. The van der Waals surface area contributed by atoms with Crippen LogP contribution in [0.15, 0.2) is 40.8 Å². The molecule has 0 saturated carbocycles. The first-order valence-corrected chi connectivity index (χ1v) is 12.8. The van der Waals surface area contributed by atoms with Gasteiger partial charge < -0.3 is 23.7 Å². The maximum absolute atomic E-state index is 13.4. The Hall–Kier alpha value is -2.84. The average Bonchev–Trinajstić information content (AvgIpc) is 3.15. The molecule has 1 aromatic heterocycles. The van der Waals surface area contributed by atoms with E-state index in [1.54, 1.807) is 6.92 Å². The molecule has 0 aliphatic rings. The molecule has 1 heterocycles. The summed E-state index contributed by atoms with van der Waals surface area (Å²) in [5.41, 5.74) is 0.589. The van der Waals surface area contributed by atoms with Crippen LogP contribution in [-0.2, 0) is 25.6 Å². The number of fused-ring (bicyclic) bond motifs is 1. The van der Waals surface area contributed by atoms with E-state index < -0.39 is 45.8 Å². The molecule has 2 N–H and O–H groups in total. The number of nitrogens with zero attached hydrogens (tertiary/aromatic N) is 1. The van der Waals surface area contributed by atoms with E-state index >= 15 is 0 Å². The van der Waals surface area contributed by atoms with Gasteiger partial charge in [-0.2, -0.15) is 8.42 Å². The van der Waals surface area contributed by atoms with Gasteiger partial charge in [0.15, 0.2) is 0 Å². The maximum Gasteiger partial charge on any atom is 0.264 e. The van der Waals surface area contributed by atoms with E-state index in [0.29, 0.717) is 5.56 Å². The highest BCUT2D eigenvalue weighted by Gasteiger charge is 2.27. The molecule has 0 saturated heterocycles. The lowest BCUT2D eigenvalue weighted by Gasteiger charge is -2.28. The van der Waals surface area contributed by atoms with Crippen molar-refractivity contribution in [3.05, 3.63) is 53.3 Å². The Balaban J connectivity index is 2.30. The lowest BCUT2D eigenvalue weighted by Crippen LogP contribution is -2.27. The molecular formula is C21H22FN2O8S2-. The van der Waals surface area contributed by atoms with Crippen LogP contribution in [0.3, 0.4) is 0 Å². The zero-order valence-electron chi connectivity index (χ0n) is 18.4. The summed E-state index contributed by atoms with van der Waals surface area (Å²) >= 11 is -2.74. The van der Waals surface area contributed by atoms with Crippen molar-refractivity contribution in [2.24, 2.45) is 0 Å². The van der Waals surface area contributed by atoms with Crippen LogP contribution in [-0.4, -0.2) is 54.6 Å². The van der Waals surface area contributed by atoms with Gasteiger partial charge in [-0.1, -0.05) is 0 Å². The van der Waals surface area contributed by atoms with Crippen LogP contribution in [0.2, 0.25) is 0 Å². The number of amides is 1. The number of aliphatic hydroxyl groups excluding tert-OH is 1. The number of hydrogen-bond acceptors (Lipinski definition) is 8. The molecule has 34 heavy (non-hydrogen) atoms. The number of benzene rings is 2. The first kappa shape index (κ1) is 25.8. The quantitative estimate of drug-likeness (QED) is 0.327. The molecular weight excluding hydrogens is 491 g/mol. The lowest BCUT2D eigenvalue weighted by atomic mass is 10.00. The zero-order chi connectivity index (χ0) is 25.2. The number of halogens is 1. The van der Waals surface area contributed by atoms with Crippen LogP contribution >= 0.6 is 0 Å². The molecule has 3 rings (SSSR count). The standard InChI is InChI=1S/C21H23FN2O8S2/c1-4-24(33(27)28)16-10-18-15(9-14(16)17(25)11-31-34(3,29)30)19(21(26)23-2)20(32-18)12-5-7-13(22)8-6-12/h5-10,17,25H,4,11H2,1-3H3,(H,23,26)(H,27,28)/p-1. The summed E-state index contributed by atoms with van der Waals surface area (Å²) in [6.45, 7) is 0.867. The Morgan fingerprint density at radius 1 is 1.32 bits per heavy atom. The van der Waals surface area contributed by atoms with E-state index in [2.05, 4.69) is 9.50 Å². The van der Waals surface area contributed by atoms with Crippen molar-refractivity contribution in [2.75, 3.05) is 30.8 Å². The summed E-state index contributed by atoms with van der Waals surface area (Å²) in [5, 5.41) is 13.4. The van der Waals surface area contributed by atoms with E-state index in [-0.39, 0.29) is 40.1 Å². The second kappa shape index (κ2) is 10.2. The molecule has 0 aliphatic heterocycles. The highest BCUT2D eigenvalue weighted by Crippen LogP contribution is 2.39. The smallest absolute Gasteiger partial charge is 0.264 e. The molecule has 184 valence electrons. The summed E-state index contributed by atoms with van der Waals surface area (Å²) in [7, 11) is -2.49. The number of furan rings is 1. The van der Waals surface area contributed by atoms with Crippen LogP contribution in [0.1, 0.15) is 28.9 Å². The van der Waals surface area contributed by atoms with Crippen LogP contribution in [0.5, 0.6) is 0 Å². The third kappa shape index (κ3) is 5.45. The predicted molar refractivity (Wildman–Crippen MR) is 123 cm³/mol. The molecule has 13 heteroatoms. The van der Waals surface area contributed by atoms with Crippen LogP contribution in [0.4, 0.5) is 10.1 Å². The Bertz CT molecular complexity index is 1340. The molecule has 2 aromatic carbocycles. The Labute approximate surface area is 197 Å². The fourth-order valence-electron chi connectivity index (χ4n) is 3.42. The first-order valence-electron chi connectivity index (χ1n) is 9.94. The summed E-state index contributed by atoms with van der Waals surface area (Å²) in [6.07, 6.45) is -0.752. The van der Waals surface area contributed by atoms with Crippen molar-refractivity contribution in [3.63, 3.8) is 0 Å². The average molecular weight is 514 g/mol. The second-order valence-corrected chi connectivity index (χ2v) is 9.73. The van der Waals surface area contributed by atoms with Crippen molar-refractivity contribution < 1.29 is 40.1 Å². The third-order valence-electron chi connectivity index (χ3n) is 4.93. The summed E-state index contributed by atoms with van der Waals surface area (Å²) in [4.78, 5) is 12.8. The number of rotatable bonds is 9. The number of hydrogen-bond donors (Lipinski definition) is 2. The highest BCUT2D eigenvalue weighted by molar-refractivity contribution is 7.86. The van der Waals surface area contributed by atoms with E-state index in [1.807, 2.05) is 0 Å². The van der Waals surface area contributed by atoms with Gasteiger partial charge in [0.05, 0.1) is 24.1 Å².